The molecule has 11 aromatic rings. The van der Waals surface area contributed by atoms with Gasteiger partial charge < -0.3 is 13.7 Å². The summed E-state index contributed by atoms with van der Waals surface area (Å²) < 4.78 is 7.21. The van der Waals surface area contributed by atoms with Crippen LogP contribution in [0.4, 0.5) is 0 Å². The highest BCUT2D eigenvalue weighted by Gasteiger charge is 2.17. The van der Waals surface area contributed by atoms with Crippen LogP contribution in [0.5, 0.6) is 0 Å². The third-order valence-corrected chi connectivity index (χ3v) is 10.6. The van der Waals surface area contributed by atoms with Crippen LogP contribution in [0.1, 0.15) is 0 Å². The Kier molecular flexibility index (Phi) is 5.96. The predicted molar refractivity (Wildman–Crippen MR) is 215 cm³/mol. The molecule has 11 rings (SSSR count). The van der Waals surface area contributed by atoms with Crippen LogP contribution in [0.25, 0.3) is 93.6 Å². The average molecular weight is 650 g/mol. The van der Waals surface area contributed by atoms with Gasteiger partial charge in [-0.25, -0.2) is 0 Å². The molecule has 0 saturated heterocycles. The molecule has 0 aliphatic carbocycles. The average Bonchev–Trinajstić information content (AvgIpc) is 3.84. The lowest BCUT2D eigenvalue weighted by Gasteiger charge is -2.13. The number of para-hydroxylation sites is 5. The molecule has 0 aliphatic heterocycles. The summed E-state index contributed by atoms with van der Waals surface area (Å²) in [5.41, 5.74) is 13.1. The minimum atomic E-state index is 1.14. The summed E-state index contributed by atoms with van der Waals surface area (Å²) in [5, 5.41) is 7.59. The van der Waals surface area contributed by atoms with E-state index in [-0.39, 0.29) is 0 Å². The Morgan fingerprint density at radius 1 is 0.216 bits per heavy atom. The van der Waals surface area contributed by atoms with Crippen LogP contribution < -0.4 is 0 Å². The second-order valence-electron chi connectivity index (χ2n) is 13.4. The Morgan fingerprint density at radius 2 is 0.588 bits per heavy atom. The van der Waals surface area contributed by atoms with Gasteiger partial charge >= 0.3 is 0 Å². The largest absolute Gasteiger partial charge is 0.309 e. The Labute approximate surface area is 294 Å². The molecule has 0 N–H and O–H groups in total. The van der Waals surface area contributed by atoms with Crippen LogP contribution in [-0.4, -0.2) is 13.7 Å². The van der Waals surface area contributed by atoms with Gasteiger partial charge in [-0.2, -0.15) is 0 Å². The van der Waals surface area contributed by atoms with E-state index in [4.69, 9.17) is 0 Å². The summed E-state index contributed by atoms with van der Waals surface area (Å²) in [6.07, 6.45) is 0. The molecule has 3 aromatic heterocycles. The molecule has 8 aromatic carbocycles. The first kappa shape index (κ1) is 28.0. The fourth-order valence-corrected chi connectivity index (χ4v) is 8.41. The normalized spacial score (nSPS) is 11.9. The molecule has 3 nitrogen and oxygen atoms in total. The molecule has 0 aliphatic rings. The topological polar surface area (TPSA) is 14.8 Å². The lowest BCUT2D eigenvalue weighted by Crippen LogP contribution is -1.97. The van der Waals surface area contributed by atoms with Crippen LogP contribution in [0.15, 0.2) is 188 Å². The number of aromatic nitrogens is 3. The minimum absolute atomic E-state index is 1.14. The van der Waals surface area contributed by atoms with E-state index >= 15 is 0 Å². The molecule has 0 saturated carbocycles. The smallest absolute Gasteiger partial charge is 0.0561 e. The quantitative estimate of drug-likeness (QED) is 0.180. The number of hydrogen-bond acceptors (Lipinski definition) is 0. The zero-order valence-electron chi connectivity index (χ0n) is 27.7. The predicted octanol–water partition coefficient (Wildman–Crippen LogP) is 12.6. The van der Waals surface area contributed by atoms with Gasteiger partial charge in [-0.3, -0.25) is 0 Å². The van der Waals surface area contributed by atoms with Crippen LogP contribution in [0.2, 0.25) is 0 Å². The van der Waals surface area contributed by atoms with E-state index in [9.17, 15) is 0 Å². The van der Waals surface area contributed by atoms with E-state index in [0.717, 1.165) is 17.1 Å². The molecule has 0 radical (unpaired) electrons. The van der Waals surface area contributed by atoms with E-state index in [1.807, 2.05) is 0 Å². The fourth-order valence-electron chi connectivity index (χ4n) is 8.41. The molecule has 3 heterocycles. The third kappa shape index (κ3) is 4.12. The number of hydrogen-bond donors (Lipinski definition) is 0. The van der Waals surface area contributed by atoms with Gasteiger partial charge in [0.15, 0.2) is 0 Å². The van der Waals surface area contributed by atoms with Gasteiger partial charge in [0.25, 0.3) is 0 Å². The van der Waals surface area contributed by atoms with Gasteiger partial charge in [-0.15, -0.1) is 0 Å². The zero-order chi connectivity index (χ0) is 33.5. The first-order valence-corrected chi connectivity index (χ1v) is 17.5. The molecule has 0 amide bonds. The van der Waals surface area contributed by atoms with Gasteiger partial charge in [0, 0.05) is 49.4 Å². The summed E-state index contributed by atoms with van der Waals surface area (Å²) in [7, 11) is 0. The van der Waals surface area contributed by atoms with Gasteiger partial charge in [0.05, 0.1) is 33.1 Å². The second-order valence-corrected chi connectivity index (χ2v) is 13.4. The summed E-state index contributed by atoms with van der Waals surface area (Å²) >= 11 is 0. The number of rotatable bonds is 4. The Hall–Kier alpha value is -6.84. The monoisotopic (exact) mass is 649 g/mol. The maximum Gasteiger partial charge on any atom is 0.0561 e. The van der Waals surface area contributed by atoms with Gasteiger partial charge in [0.1, 0.15) is 0 Å². The van der Waals surface area contributed by atoms with E-state index in [1.54, 1.807) is 0 Å². The molecule has 0 fully saturated rings. The first-order valence-electron chi connectivity index (χ1n) is 17.5. The van der Waals surface area contributed by atoms with Crippen molar-refractivity contribution in [3.8, 4) is 28.2 Å². The van der Waals surface area contributed by atoms with Gasteiger partial charge in [-0.05, 0) is 77.9 Å². The lowest BCUT2D eigenvalue weighted by atomic mass is 10.0. The first-order chi connectivity index (χ1) is 25.3. The third-order valence-electron chi connectivity index (χ3n) is 10.6. The van der Waals surface area contributed by atoms with Crippen molar-refractivity contribution >= 4 is 65.4 Å². The van der Waals surface area contributed by atoms with Crippen molar-refractivity contribution < 1.29 is 0 Å². The van der Waals surface area contributed by atoms with Gasteiger partial charge in [-0.1, -0.05) is 121 Å². The second kappa shape index (κ2) is 10.8. The maximum atomic E-state index is 2.43. The van der Waals surface area contributed by atoms with Crippen molar-refractivity contribution in [3.63, 3.8) is 0 Å². The van der Waals surface area contributed by atoms with E-state index in [0.29, 0.717) is 0 Å². The highest BCUT2D eigenvalue weighted by molar-refractivity contribution is 6.12. The number of fused-ring (bicyclic) bond motifs is 9. The minimum Gasteiger partial charge on any atom is -0.309 e. The molecule has 0 atom stereocenters. The molecular weight excluding hydrogens is 619 g/mol. The summed E-state index contributed by atoms with van der Waals surface area (Å²) in [4.78, 5) is 0. The zero-order valence-corrected chi connectivity index (χ0v) is 27.7. The van der Waals surface area contributed by atoms with Crippen molar-refractivity contribution in [1.29, 1.82) is 0 Å². The molecule has 0 spiro atoms. The highest BCUT2D eigenvalue weighted by atomic mass is 15.0. The molecule has 0 bridgehead atoms. The van der Waals surface area contributed by atoms with Crippen molar-refractivity contribution in [1.82, 2.24) is 13.7 Å². The van der Waals surface area contributed by atoms with Crippen molar-refractivity contribution in [2.45, 2.75) is 0 Å². The van der Waals surface area contributed by atoms with Crippen molar-refractivity contribution in [2.75, 3.05) is 0 Å². The van der Waals surface area contributed by atoms with Gasteiger partial charge in [0.2, 0.25) is 0 Å². The number of nitrogens with zero attached hydrogens (tertiary/aromatic N) is 3. The fraction of sp³-hybridized carbons (Fsp3) is 0. The summed E-state index contributed by atoms with van der Waals surface area (Å²) in [6.45, 7) is 0. The maximum absolute atomic E-state index is 2.43. The lowest BCUT2D eigenvalue weighted by molar-refractivity contribution is 1.15. The highest BCUT2D eigenvalue weighted by Crippen LogP contribution is 2.38. The standard InChI is InChI=1S/C48H31N3/c1-6-19-43-37(14-1)38-15-2-7-20-44(38)49(43)34-26-24-32(25-27-34)33-12-11-13-35(30-33)51-47-23-10-5-18-41(47)42-29-28-36(31-48(42)51)50-45-21-8-3-16-39(45)40-17-4-9-22-46(40)50/h1-31H. The Morgan fingerprint density at radius 3 is 1.08 bits per heavy atom. The van der Waals surface area contributed by atoms with Crippen LogP contribution in [0.3, 0.4) is 0 Å². The summed E-state index contributed by atoms with van der Waals surface area (Å²) in [5.74, 6) is 0. The summed E-state index contributed by atoms with van der Waals surface area (Å²) in [6, 6.07) is 68.4. The van der Waals surface area contributed by atoms with Crippen molar-refractivity contribution in [3.05, 3.63) is 188 Å². The van der Waals surface area contributed by atoms with E-state index in [1.165, 1.54) is 76.5 Å². The number of benzene rings is 8. The molecule has 51 heavy (non-hydrogen) atoms. The van der Waals surface area contributed by atoms with Crippen LogP contribution in [-0.2, 0) is 0 Å². The SMILES string of the molecule is c1cc(-c2ccc(-n3c4ccccc4c4ccccc43)cc2)cc(-n2c3ccccc3c3ccc(-n4c5ccccc5c5ccccc54)cc32)c1. The van der Waals surface area contributed by atoms with Crippen molar-refractivity contribution in [2.24, 2.45) is 0 Å². The molecule has 238 valence electrons. The molecule has 0 unspecified atom stereocenters. The van der Waals surface area contributed by atoms with E-state index < -0.39 is 0 Å². The Balaban J connectivity index is 1.06. The van der Waals surface area contributed by atoms with E-state index in [2.05, 4.69) is 202 Å². The van der Waals surface area contributed by atoms with Crippen LogP contribution in [0, 0.1) is 0 Å². The Bertz CT molecular complexity index is 3030. The molecular formula is C48H31N3. The van der Waals surface area contributed by atoms with Crippen LogP contribution >= 0.6 is 0 Å². The molecule has 3 heteroatoms.